The van der Waals surface area contributed by atoms with Crippen molar-refractivity contribution in [3.05, 3.63) is 30.2 Å². The number of aromatic nitrogens is 2. The lowest BCUT2D eigenvalue weighted by Gasteiger charge is -1.97. The van der Waals surface area contributed by atoms with Crippen molar-refractivity contribution in [3.63, 3.8) is 0 Å². The van der Waals surface area contributed by atoms with Crippen LogP contribution in [-0.2, 0) is 4.74 Å². The highest BCUT2D eigenvalue weighted by atomic mass is 16.6. The van der Waals surface area contributed by atoms with Crippen LogP contribution in [0.5, 0.6) is 0 Å². The molecule has 0 radical (unpaired) electrons. The van der Waals surface area contributed by atoms with E-state index in [1.165, 1.54) is 7.11 Å². The summed E-state index contributed by atoms with van der Waals surface area (Å²) in [6, 6.07) is 7.03. The van der Waals surface area contributed by atoms with Crippen LogP contribution < -0.4 is 5.73 Å². The molecule has 0 amide bonds. The van der Waals surface area contributed by atoms with Gasteiger partial charge in [-0.1, -0.05) is 17.3 Å². The third-order valence-corrected chi connectivity index (χ3v) is 1.99. The maximum Gasteiger partial charge on any atom is 0.397 e. The number of hydrogen-bond acceptors (Lipinski definition) is 6. The molecule has 0 unspecified atom stereocenters. The zero-order valence-electron chi connectivity index (χ0n) is 8.51. The van der Waals surface area contributed by atoms with E-state index >= 15 is 0 Å². The molecular weight excluding hydrogens is 210 g/mol. The number of carbonyl (C=O) groups excluding carboxylic acids is 1. The molecule has 6 heteroatoms. The number of nitrogens with two attached hydrogens (primary N) is 1. The van der Waals surface area contributed by atoms with E-state index in [0.717, 1.165) is 0 Å². The van der Waals surface area contributed by atoms with E-state index in [0.29, 0.717) is 11.3 Å². The van der Waals surface area contributed by atoms with Gasteiger partial charge in [-0.3, -0.25) is 0 Å². The fourth-order valence-corrected chi connectivity index (χ4v) is 1.20. The van der Waals surface area contributed by atoms with Gasteiger partial charge in [0.1, 0.15) is 0 Å². The monoisotopic (exact) mass is 219 g/mol. The van der Waals surface area contributed by atoms with Crippen molar-refractivity contribution in [2.75, 3.05) is 12.8 Å². The Morgan fingerprint density at radius 1 is 1.44 bits per heavy atom. The average molecular weight is 219 g/mol. The summed E-state index contributed by atoms with van der Waals surface area (Å²) in [4.78, 5) is 15.0. The van der Waals surface area contributed by atoms with Crippen LogP contribution in [0.15, 0.2) is 28.8 Å². The molecule has 0 spiro atoms. The molecule has 0 atom stereocenters. The quantitative estimate of drug-likeness (QED) is 0.600. The lowest BCUT2D eigenvalue weighted by Crippen LogP contribution is -2.01. The molecule has 0 aliphatic carbocycles. The molecule has 0 saturated heterocycles. The third kappa shape index (κ3) is 1.72. The number of para-hydroxylation sites is 1. The van der Waals surface area contributed by atoms with E-state index in [2.05, 4.69) is 14.9 Å². The summed E-state index contributed by atoms with van der Waals surface area (Å²) in [5.74, 6) is -0.604. The van der Waals surface area contributed by atoms with Crippen molar-refractivity contribution in [2.45, 2.75) is 0 Å². The number of rotatable bonds is 2. The maximum absolute atomic E-state index is 11.1. The largest absolute Gasteiger partial charge is 0.462 e. The number of nitrogen functional groups attached to an aromatic ring is 1. The van der Waals surface area contributed by atoms with Gasteiger partial charge in [-0.2, -0.15) is 4.98 Å². The first-order valence-corrected chi connectivity index (χ1v) is 4.49. The SMILES string of the molecule is COC(=O)c1nc(-c2ccccc2N)no1. The first-order valence-electron chi connectivity index (χ1n) is 4.49. The van der Waals surface area contributed by atoms with Crippen LogP contribution in [0.3, 0.4) is 0 Å². The summed E-state index contributed by atoms with van der Waals surface area (Å²) < 4.78 is 9.18. The number of ether oxygens (including phenoxy) is 1. The summed E-state index contributed by atoms with van der Waals surface area (Å²) in [6.45, 7) is 0. The fraction of sp³-hybridized carbons (Fsp3) is 0.100. The van der Waals surface area contributed by atoms with E-state index in [-0.39, 0.29) is 11.7 Å². The Morgan fingerprint density at radius 2 is 2.19 bits per heavy atom. The van der Waals surface area contributed by atoms with Gasteiger partial charge >= 0.3 is 11.9 Å². The van der Waals surface area contributed by atoms with Gasteiger partial charge in [-0.15, -0.1) is 0 Å². The third-order valence-electron chi connectivity index (χ3n) is 1.99. The van der Waals surface area contributed by atoms with E-state index in [4.69, 9.17) is 10.3 Å². The number of esters is 1. The minimum atomic E-state index is -0.673. The molecule has 0 aliphatic heterocycles. The molecule has 1 aromatic carbocycles. The van der Waals surface area contributed by atoms with Crippen LogP contribution in [0.4, 0.5) is 5.69 Å². The summed E-state index contributed by atoms with van der Waals surface area (Å²) in [7, 11) is 1.24. The molecule has 2 N–H and O–H groups in total. The van der Waals surface area contributed by atoms with Crippen LogP contribution in [0.2, 0.25) is 0 Å². The van der Waals surface area contributed by atoms with Gasteiger partial charge in [0.15, 0.2) is 0 Å². The smallest absolute Gasteiger partial charge is 0.397 e. The molecular formula is C10H9N3O3. The summed E-state index contributed by atoms with van der Waals surface area (Å²) in [6.07, 6.45) is 0. The Morgan fingerprint density at radius 3 is 2.88 bits per heavy atom. The van der Waals surface area contributed by atoms with Crippen LogP contribution >= 0.6 is 0 Å². The lowest BCUT2D eigenvalue weighted by molar-refractivity contribution is 0.0545. The van der Waals surface area contributed by atoms with Crippen LogP contribution in [0.1, 0.15) is 10.7 Å². The van der Waals surface area contributed by atoms with E-state index in [9.17, 15) is 4.79 Å². The average Bonchev–Trinajstić information content (AvgIpc) is 2.78. The molecule has 0 aliphatic rings. The molecule has 1 heterocycles. The van der Waals surface area contributed by atoms with Gasteiger partial charge in [-0.25, -0.2) is 4.79 Å². The fourth-order valence-electron chi connectivity index (χ4n) is 1.20. The van der Waals surface area contributed by atoms with Crippen molar-refractivity contribution >= 4 is 11.7 Å². The highest BCUT2D eigenvalue weighted by Crippen LogP contribution is 2.22. The summed E-state index contributed by atoms with van der Waals surface area (Å²) in [5.41, 5.74) is 6.86. The molecule has 82 valence electrons. The zero-order chi connectivity index (χ0) is 11.5. The molecule has 0 saturated carbocycles. The number of nitrogens with zero attached hydrogens (tertiary/aromatic N) is 2. The van der Waals surface area contributed by atoms with Crippen LogP contribution in [0.25, 0.3) is 11.4 Å². The number of methoxy groups -OCH3 is 1. The highest BCUT2D eigenvalue weighted by Gasteiger charge is 2.17. The predicted octanol–water partition coefficient (Wildman–Crippen LogP) is 1.11. The van der Waals surface area contributed by atoms with Gasteiger partial charge in [0, 0.05) is 11.3 Å². The van der Waals surface area contributed by atoms with Crippen molar-refractivity contribution in [1.82, 2.24) is 10.1 Å². The van der Waals surface area contributed by atoms with E-state index < -0.39 is 5.97 Å². The molecule has 2 aromatic rings. The van der Waals surface area contributed by atoms with Gasteiger partial charge in [0.2, 0.25) is 5.82 Å². The normalized spacial score (nSPS) is 10.1. The van der Waals surface area contributed by atoms with Crippen molar-refractivity contribution < 1.29 is 14.1 Å². The number of benzene rings is 1. The molecule has 0 fully saturated rings. The van der Waals surface area contributed by atoms with Gasteiger partial charge in [-0.05, 0) is 12.1 Å². The predicted molar refractivity (Wildman–Crippen MR) is 55.5 cm³/mol. The van der Waals surface area contributed by atoms with Crippen LogP contribution in [-0.4, -0.2) is 23.2 Å². The summed E-state index contributed by atoms with van der Waals surface area (Å²) in [5, 5.41) is 3.65. The molecule has 1 aromatic heterocycles. The number of hydrogen-bond donors (Lipinski definition) is 1. The maximum atomic E-state index is 11.1. The van der Waals surface area contributed by atoms with E-state index in [1.807, 2.05) is 0 Å². The molecule has 0 bridgehead atoms. The minimum Gasteiger partial charge on any atom is -0.462 e. The van der Waals surface area contributed by atoms with Crippen molar-refractivity contribution in [1.29, 1.82) is 0 Å². The Balaban J connectivity index is 2.39. The van der Waals surface area contributed by atoms with E-state index in [1.54, 1.807) is 24.3 Å². The summed E-state index contributed by atoms with van der Waals surface area (Å²) >= 11 is 0. The second-order valence-corrected chi connectivity index (χ2v) is 3.00. The second-order valence-electron chi connectivity index (χ2n) is 3.00. The Hall–Kier alpha value is -2.37. The van der Waals surface area contributed by atoms with Crippen molar-refractivity contribution in [3.8, 4) is 11.4 Å². The standard InChI is InChI=1S/C10H9N3O3/c1-15-10(14)9-12-8(13-16-9)6-4-2-3-5-7(6)11/h2-5H,11H2,1H3. The number of carbonyl (C=O) groups is 1. The highest BCUT2D eigenvalue weighted by molar-refractivity contribution is 5.84. The Kier molecular flexibility index (Phi) is 2.55. The van der Waals surface area contributed by atoms with Gasteiger partial charge < -0.3 is 15.0 Å². The first-order chi connectivity index (χ1) is 7.72. The number of anilines is 1. The van der Waals surface area contributed by atoms with Gasteiger partial charge in [0.05, 0.1) is 7.11 Å². The molecule has 2 rings (SSSR count). The minimum absolute atomic E-state index is 0.194. The lowest BCUT2D eigenvalue weighted by atomic mass is 10.2. The molecule has 16 heavy (non-hydrogen) atoms. The first kappa shape index (κ1) is 10.2. The van der Waals surface area contributed by atoms with Crippen molar-refractivity contribution in [2.24, 2.45) is 0 Å². The zero-order valence-corrected chi connectivity index (χ0v) is 8.51. The Labute approximate surface area is 91.0 Å². The molecule has 6 nitrogen and oxygen atoms in total. The topological polar surface area (TPSA) is 91.2 Å². The Bertz CT molecular complexity index is 522. The van der Waals surface area contributed by atoms with Crippen LogP contribution in [0, 0.1) is 0 Å². The van der Waals surface area contributed by atoms with Gasteiger partial charge in [0.25, 0.3) is 0 Å². The second kappa shape index (κ2) is 4.01.